The SMILES string of the molecule is CC(C)CC1(CO)CCCN1C(=O)C1CN(C)CCO1. The van der Waals surface area contributed by atoms with E-state index >= 15 is 0 Å². The molecule has 2 atom stereocenters. The third-order valence-corrected chi connectivity index (χ3v) is 4.49. The number of morpholine rings is 1. The molecular formula is C15H28N2O3. The van der Waals surface area contributed by atoms with Crippen molar-refractivity contribution in [3.63, 3.8) is 0 Å². The number of likely N-dealkylation sites (tertiary alicyclic amines) is 1. The maximum Gasteiger partial charge on any atom is 0.253 e. The zero-order valence-electron chi connectivity index (χ0n) is 13.0. The molecule has 20 heavy (non-hydrogen) atoms. The molecule has 2 fully saturated rings. The lowest BCUT2D eigenvalue weighted by Crippen LogP contribution is -2.57. The van der Waals surface area contributed by atoms with Gasteiger partial charge in [0.1, 0.15) is 6.10 Å². The Morgan fingerprint density at radius 1 is 1.45 bits per heavy atom. The van der Waals surface area contributed by atoms with E-state index in [0.29, 0.717) is 19.1 Å². The van der Waals surface area contributed by atoms with Gasteiger partial charge in [0.05, 0.1) is 18.8 Å². The Bertz CT molecular complexity index is 348. The van der Waals surface area contributed by atoms with Gasteiger partial charge in [-0.05, 0) is 32.2 Å². The predicted octanol–water partition coefficient (Wildman–Crippen LogP) is 0.717. The maximum absolute atomic E-state index is 12.8. The second-order valence-electron chi connectivity index (χ2n) is 6.70. The van der Waals surface area contributed by atoms with Crippen molar-refractivity contribution in [2.24, 2.45) is 5.92 Å². The van der Waals surface area contributed by atoms with E-state index in [4.69, 9.17) is 4.74 Å². The van der Waals surface area contributed by atoms with Crippen molar-refractivity contribution in [3.8, 4) is 0 Å². The molecule has 2 rings (SSSR count). The van der Waals surface area contributed by atoms with Gasteiger partial charge in [-0.3, -0.25) is 4.79 Å². The first-order chi connectivity index (χ1) is 9.48. The Balaban J connectivity index is 2.10. The average molecular weight is 284 g/mol. The number of aliphatic hydroxyl groups is 1. The minimum Gasteiger partial charge on any atom is -0.394 e. The van der Waals surface area contributed by atoms with Crippen LogP contribution in [0.4, 0.5) is 0 Å². The summed E-state index contributed by atoms with van der Waals surface area (Å²) in [5.41, 5.74) is -0.370. The third kappa shape index (κ3) is 3.15. The van der Waals surface area contributed by atoms with Crippen molar-refractivity contribution in [1.29, 1.82) is 0 Å². The summed E-state index contributed by atoms with van der Waals surface area (Å²) < 4.78 is 5.65. The molecule has 0 bridgehead atoms. The lowest BCUT2D eigenvalue weighted by atomic mass is 9.86. The number of carbonyl (C=O) groups is 1. The molecule has 5 nitrogen and oxygen atoms in total. The van der Waals surface area contributed by atoms with Gasteiger partial charge in [-0.2, -0.15) is 0 Å². The van der Waals surface area contributed by atoms with E-state index < -0.39 is 0 Å². The third-order valence-electron chi connectivity index (χ3n) is 4.49. The van der Waals surface area contributed by atoms with E-state index in [1.807, 2.05) is 11.9 Å². The van der Waals surface area contributed by atoms with Gasteiger partial charge in [-0.25, -0.2) is 0 Å². The quantitative estimate of drug-likeness (QED) is 0.826. The first-order valence-electron chi connectivity index (χ1n) is 7.71. The molecule has 2 aliphatic heterocycles. The fraction of sp³-hybridized carbons (Fsp3) is 0.933. The van der Waals surface area contributed by atoms with Gasteiger partial charge >= 0.3 is 0 Å². The van der Waals surface area contributed by atoms with Crippen molar-refractivity contribution in [3.05, 3.63) is 0 Å². The van der Waals surface area contributed by atoms with Crippen LogP contribution in [0.1, 0.15) is 33.1 Å². The fourth-order valence-corrected chi connectivity index (χ4v) is 3.58. The molecular weight excluding hydrogens is 256 g/mol. The van der Waals surface area contributed by atoms with Gasteiger partial charge in [-0.1, -0.05) is 13.8 Å². The Kier molecular flexibility index (Phi) is 5.04. The van der Waals surface area contributed by atoms with Gasteiger partial charge in [0.15, 0.2) is 0 Å². The summed E-state index contributed by atoms with van der Waals surface area (Å²) in [6.45, 7) is 7.22. The molecule has 116 valence electrons. The van der Waals surface area contributed by atoms with Gasteiger partial charge in [0.25, 0.3) is 5.91 Å². The second kappa shape index (κ2) is 6.41. The summed E-state index contributed by atoms with van der Waals surface area (Å²) in [5.74, 6) is 0.522. The highest BCUT2D eigenvalue weighted by Crippen LogP contribution is 2.35. The lowest BCUT2D eigenvalue weighted by Gasteiger charge is -2.41. The van der Waals surface area contributed by atoms with E-state index in [-0.39, 0.29) is 24.2 Å². The highest BCUT2D eigenvalue weighted by atomic mass is 16.5. The first-order valence-corrected chi connectivity index (χ1v) is 7.71. The number of hydrogen-bond donors (Lipinski definition) is 1. The minimum atomic E-state index is -0.370. The Morgan fingerprint density at radius 3 is 2.80 bits per heavy atom. The Morgan fingerprint density at radius 2 is 2.20 bits per heavy atom. The highest BCUT2D eigenvalue weighted by molar-refractivity contribution is 5.82. The number of ether oxygens (including phenoxy) is 1. The van der Waals surface area contributed by atoms with Crippen LogP contribution in [-0.2, 0) is 9.53 Å². The topological polar surface area (TPSA) is 53.0 Å². The zero-order chi connectivity index (χ0) is 14.8. The molecule has 1 N–H and O–H groups in total. The second-order valence-corrected chi connectivity index (χ2v) is 6.70. The van der Waals surface area contributed by atoms with Crippen LogP contribution in [0.15, 0.2) is 0 Å². The molecule has 0 radical (unpaired) electrons. The van der Waals surface area contributed by atoms with Gasteiger partial charge in [0, 0.05) is 19.6 Å². The normalized spacial score (nSPS) is 32.0. The molecule has 0 aromatic heterocycles. The Hall–Kier alpha value is -0.650. The number of carbonyl (C=O) groups excluding carboxylic acids is 1. The van der Waals surface area contributed by atoms with E-state index in [1.165, 1.54) is 0 Å². The molecule has 0 aliphatic carbocycles. The van der Waals surface area contributed by atoms with Crippen LogP contribution in [0.25, 0.3) is 0 Å². The number of rotatable bonds is 4. The first kappa shape index (κ1) is 15.7. The largest absolute Gasteiger partial charge is 0.394 e. The Labute approximate surface area is 121 Å². The molecule has 2 saturated heterocycles. The monoisotopic (exact) mass is 284 g/mol. The van der Waals surface area contributed by atoms with Crippen LogP contribution < -0.4 is 0 Å². The predicted molar refractivity (Wildman–Crippen MR) is 77.5 cm³/mol. The molecule has 1 amide bonds. The molecule has 5 heteroatoms. The maximum atomic E-state index is 12.8. The fourth-order valence-electron chi connectivity index (χ4n) is 3.58. The van der Waals surface area contributed by atoms with Crippen LogP contribution in [0.2, 0.25) is 0 Å². The van der Waals surface area contributed by atoms with E-state index in [1.54, 1.807) is 0 Å². The number of nitrogens with zero attached hydrogens (tertiary/aromatic N) is 2. The van der Waals surface area contributed by atoms with Crippen molar-refractivity contribution in [1.82, 2.24) is 9.80 Å². The number of hydrogen-bond acceptors (Lipinski definition) is 4. The number of aliphatic hydroxyl groups excluding tert-OH is 1. The van der Waals surface area contributed by atoms with Crippen molar-refractivity contribution < 1.29 is 14.6 Å². The van der Waals surface area contributed by atoms with Crippen LogP contribution in [0.3, 0.4) is 0 Å². The molecule has 2 heterocycles. The smallest absolute Gasteiger partial charge is 0.253 e. The molecule has 0 saturated carbocycles. The van der Waals surface area contributed by atoms with Gasteiger partial charge < -0.3 is 19.6 Å². The molecule has 0 aromatic rings. The zero-order valence-corrected chi connectivity index (χ0v) is 13.0. The summed E-state index contributed by atoms with van der Waals surface area (Å²) in [4.78, 5) is 16.8. The number of likely N-dealkylation sites (N-methyl/N-ethyl adjacent to an activating group) is 1. The molecule has 2 unspecified atom stereocenters. The lowest BCUT2D eigenvalue weighted by molar-refractivity contribution is -0.155. The minimum absolute atomic E-state index is 0.0550. The molecule has 0 aromatic carbocycles. The summed E-state index contributed by atoms with van der Waals surface area (Å²) in [7, 11) is 2.01. The summed E-state index contributed by atoms with van der Waals surface area (Å²) in [6, 6.07) is 0. The molecule has 2 aliphatic rings. The van der Waals surface area contributed by atoms with Crippen LogP contribution >= 0.6 is 0 Å². The van der Waals surface area contributed by atoms with Crippen molar-refractivity contribution in [2.45, 2.75) is 44.8 Å². The van der Waals surface area contributed by atoms with E-state index in [0.717, 1.165) is 32.4 Å². The molecule has 0 spiro atoms. The van der Waals surface area contributed by atoms with Gasteiger partial charge in [0.2, 0.25) is 0 Å². The van der Waals surface area contributed by atoms with Crippen LogP contribution in [0.5, 0.6) is 0 Å². The standard InChI is InChI=1S/C15H28N2O3/c1-12(2)9-15(11-18)5-4-6-17(15)14(19)13-10-16(3)7-8-20-13/h12-13,18H,4-11H2,1-3H3. The van der Waals surface area contributed by atoms with E-state index in [2.05, 4.69) is 18.7 Å². The van der Waals surface area contributed by atoms with Crippen LogP contribution in [0, 0.1) is 5.92 Å². The van der Waals surface area contributed by atoms with Crippen LogP contribution in [-0.4, -0.2) is 72.4 Å². The van der Waals surface area contributed by atoms with Crippen molar-refractivity contribution in [2.75, 3.05) is 39.9 Å². The van der Waals surface area contributed by atoms with Gasteiger partial charge in [-0.15, -0.1) is 0 Å². The average Bonchev–Trinajstić information content (AvgIpc) is 2.81. The summed E-state index contributed by atoms with van der Waals surface area (Å²) in [6.07, 6.45) is 2.36. The summed E-state index contributed by atoms with van der Waals surface area (Å²) >= 11 is 0. The summed E-state index contributed by atoms with van der Waals surface area (Å²) in [5, 5.41) is 9.89. The van der Waals surface area contributed by atoms with Crippen molar-refractivity contribution >= 4 is 5.91 Å². The highest BCUT2D eigenvalue weighted by Gasteiger charge is 2.45. The number of amides is 1. The van der Waals surface area contributed by atoms with E-state index in [9.17, 15) is 9.90 Å².